The summed E-state index contributed by atoms with van der Waals surface area (Å²) >= 11 is 0. The Morgan fingerprint density at radius 3 is 2.60 bits per heavy atom. The van der Waals surface area contributed by atoms with Crippen molar-refractivity contribution < 1.29 is 14.2 Å². The van der Waals surface area contributed by atoms with Gasteiger partial charge in [-0.15, -0.1) is 0 Å². The summed E-state index contributed by atoms with van der Waals surface area (Å²) in [4.78, 5) is 21.8. The largest absolute Gasteiger partial charge is 0.497 e. The molecule has 7 rings (SSSR count). The number of fused-ring (bicyclic) bond motifs is 2. The number of nitrogens with one attached hydrogen (secondary N) is 3. The average Bonchev–Trinajstić information content (AvgIpc) is 3.65. The molecule has 0 saturated carbocycles. The Kier molecular flexibility index (Phi) is 6.25. The smallest absolute Gasteiger partial charge is 0.161 e. The minimum Gasteiger partial charge on any atom is -0.497 e. The van der Waals surface area contributed by atoms with Crippen molar-refractivity contribution in [3.63, 3.8) is 0 Å². The first-order valence-corrected chi connectivity index (χ1v) is 13.1. The maximum absolute atomic E-state index is 14.3. The lowest BCUT2D eigenvalue weighted by atomic mass is 10.1. The zero-order chi connectivity index (χ0) is 28.6. The number of rotatable bonds is 7. The lowest BCUT2D eigenvalue weighted by Gasteiger charge is -2.14. The number of hydrogen-bond acceptors (Lipinski definition) is 8. The second kappa shape index (κ2) is 10.4. The fourth-order valence-electron chi connectivity index (χ4n) is 4.84. The van der Waals surface area contributed by atoms with Gasteiger partial charge < -0.3 is 20.1 Å². The van der Waals surface area contributed by atoms with Crippen molar-refractivity contribution in [3.8, 4) is 39.8 Å². The van der Waals surface area contributed by atoms with Crippen LogP contribution in [0.3, 0.4) is 0 Å². The number of halogens is 1. The van der Waals surface area contributed by atoms with Crippen LogP contribution in [0.15, 0.2) is 91.4 Å². The number of aromatic nitrogens is 7. The summed E-state index contributed by atoms with van der Waals surface area (Å²) in [5.74, 6) is 0.438. The first kappa shape index (κ1) is 25.3. The maximum Gasteiger partial charge on any atom is 0.161 e. The first-order chi connectivity index (χ1) is 20.6. The third-order valence-corrected chi connectivity index (χ3v) is 6.87. The number of pyridine rings is 3. The number of aliphatic hydroxyl groups is 1. The second-order valence-electron chi connectivity index (χ2n) is 9.61. The van der Waals surface area contributed by atoms with E-state index in [1.54, 1.807) is 30.7 Å². The van der Waals surface area contributed by atoms with Gasteiger partial charge in [-0.05, 0) is 36.4 Å². The summed E-state index contributed by atoms with van der Waals surface area (Å²) in [6.07, 6.45) is 4.10. The number of H-pyrrole nitrogens is 2. The summed E-state index contributed by atoms with van der Waals surface area (Å²) in [5, 5.41) is 21.2. The molecule has 42 heavy (non-hydrogen) atoms. The first-order valence-electron chi connectivity index (χ1n) is 13.1. The summed E-state index contributed by atoms with van der Waals surface area (Å²) < 4.78 is 19.5. The molecule has 0 fully saturated rings. The van der Waals surface area contributed by atoms with Gasteiger partial charge in [-0.25, -0.2) is 14.4 Å². The number of ether oxygens (including phenoxy) is 1. The van der Waals surface area contributed by atoms with Gasteiger partial charge in [-0.2, -0.15) is 5.10 Å². The van der Waals surface area contributed by atoms with Gasteiger partial charge in [0, 0.05) is 35.2 Å². The van der Waals surface area contributed by atoms with E-state index in [0.29, 0.717) is 56.5 Å². The number of methoxy groups -OCH3 is 1. The van der Waals surface area contributed by atoms with Crippen molar-refractivity contribution in [2.24, 2.45) is 0 Å². The van der Waals surface area contributed by atoms with Crippen LogP contribution < -0.4 is 10.1 Å². The van der Waals surface area contributed by atoms with E-state index in [1.165, 1.54) is 19.2 Å². The lowest BCUT2D eigenvalue weighted by molar-refractivity contribution is 0.208. The lowest BCUT2D eigenvalue weighted by Crippen LogP contribution is -2.09. The average molecular weight is 559 g/mol. The molecule has 0 amide bonds. The molecule has 2 aromatic carbocycles. The van der Waals surface area contributed by atoms with Crippen LogP contribution in [-0.2, 0) is 0 Å². The number of anilines is 1. The Labute approximate surface area is 238 Å². The van der Waals surface area contributed by atoms with Gasteiger partial charge in [0.25, 0.3) is 0 Å². The van der Waals surface area contributed by atoms with Gasteiger partial charge in [0.2, 0.25) is 0 Å². The van der Waals surface area contributed by atoms with Crippen LogP contribution in [0.1, 0.15) is 11.8 Å². The molecule has 0 spiro atoms. The van der Waals surface area contributed by atoms with E-state index in [9.17, 15) is 9.50 Å². The van der Waals surface area contributed by atoms with E-state index in [4.69, 9.17) is 14.7 Å². The topological polar surface area (TPSA) is 138 Å². The standard InChI is InChI=1S/C31H23FN8O2/c1-42-22-13-18(11-20(32)14-22)26-27-24(9-10-34-26)37-30(38-27)29-28-25(39-40-29)8-7-23(36-28)19-12-21(16-33-15-19)35-31(41)17-5-3-2-4-6-17/h2-16,31,35,41H,1H3,(H,37,38)(H,39,40). The quantitative estimate of drug-likeness (QED) is 0.178. The monoisotopic (exact) mass is 558 g/mol. The molecule has 5 aromatic heterocycles. The van der Waals surface area contributed by atoms with Crippen molar-refractivity contribution >= 4 is 27.8 Å². The highest BCUT2D eigenvalue weighted by Gasteiger charge is 2.18. The molecular formula is C31H23FN8O2. The molecule has 4 N–H and O–H groups in total. The minimum atomic E-state index is -0.889. The fraction of sp³-hybridized carbons (Fsp3) is 0.0645. The summed E-state index contributed by atoms with van der Waals surface area (Å²) in [6.45, 7) is 0. The van der Waals surface area contributed by atoms with Gasteiger partial charge in [0.05, 0.1) is 41.4 Å². The van der Waals surface area contributed by atoms with Crippen LogP contribution in [-0.4, -0.2) is 47.3 Å². The number of benzene rings is 2. The Morgan fingerprint density at radius 1 is 0.881 bits per heavy atom. The third kappa shape index (κ3) is 4.67. The molecule has 1 atom stereocenters. The van der Waals surface area contributed by atoms with Crippen molar-refractivity contribution in [2.45, 2.75) is 6.23 Å². The van der Waals surface area contributed by atoms with Crippen LogP contribution >= 0.6 is 0 Å². The van der Waals surface area contributed by atoms with E-state index in [2.05, 4.69) is 30.5 Å². The van der Waals surface area contributed by atoms with E-state index < -0.39 is 12.0 Å². The number of aliphatic hydroxyl groups excluding tert-OH is 1. The van der Waals surface area contributed by atoms with Crippen LogP contribution in [0, 0.1) is 5.82 Å². The molecule has 0 saturated heterocycles. The van der Waals surface area contributed by atoms with Gasteiger partial charge >= 0.3 is 0 Å². The maximum atomic E-state index is 14.3. The fourth-order valence-corrected chi connectivity index (χ4v) is 4.84. The van der Waals surface area contributed by atoms with Gasteiger partial charge in [0.1, 0.15) is 22.6 Å². The molecule has 0 aliphatic rings. The van der Waals surface area contributed by atoms with E-state index in [-0.39, 0.29) is 0 Å². The molecule has 5 heterocycles. The summed E-state index contributed by atoms with van der Waals surface area (Å²) in [5.41, 5.74) is 6.99. The van der Waals surface area contributed by atoms with Crippen LogP contribution in [0.5, 0.6) is 5.75 Å². The molecule has 7 aromatic rings. The number of hydrogen-bond donors (Lipinski definition) is 4. The van der Waals surface area contributed by atoms with Crippen LogP contribution in [0.4, 0.5) is 10.1 Å². The molecule has 206 valence electrons. The molecular weight excluding hydrogens is 535 g/mol. The Hall–Kier alpha value is -5.68. The molecule has 0 radical (unpaired) electrons. The minimum absolute atomic E-state index is 0.387. The van der Waals surface area contributed by atoms with Gasteiger partial charge in [-0.3, -0.25) is 15.1 Å². The van der Waals surface area contributed by atoms with E-state index in [1.807, 2.05) is 48.5 Å². The Bertz CT molecular complexity index is 2060. The van der Waals surface area contributed by atoms with E-state index in [0.717, 1.165) is 16.6 Å². The molecule has 10 nitrogen and oxygen atoms in total. The van der Waals surface area contributed by atoms with Crippen molar-refractivity contribution in [3.05, 3.63) is 103 Å². The van der Waals surface area contributed by atoms with Gasteiger partial charge in [0.15, 0.2) is 17.7 Å². The van der Waals surface area contributed by atoms with Gasteiger partial charge in [-0.1, -0.05) is 30.3 Å². The molecule has 11 heteroatoms. The Morgan fingerprint density at radius 2 is 1.74 bits per heavy atom. The van der Waals surface area contributed by atoms with Crippen molar-refractivity contribution in [2.75, 3.05) is 12.4 Å². The van der Waals surface area contributed by atoms with Crippen molar-refractivity contribution in [1.82, 2.24) is 35.1 Å². The third-order valence-electron chi connectivity index (χ3n) is 6.87. The normalized spacial score (nSPS) is 12.1. The highest BCUT2D eigenvalue weighted by Crippen LogP contribution is 2.32. The summed E-state index contributed by atoms with van der Waals surface area (Å²) in [6, 6.07) is 21.2. The molecule has 0 bridgehead atoms. The highest BCUT2D eigenvalue weighted by atomic mass is 19.1. The summed E-state index contributed by atoms with van der Waals surface area (Å²) in [7, 11) is 1.49. The van der Waals surface area contributed by atoms with E-state index >= 15 is 0 Å². The molecule has 0 aliphatic carbocycles. The zero-order valence-electron chi connectivity index (χ0n) is 22.2. The predicted molar refractivity (Wildman–Crippen MR) is 157 cm³/mol. The second-order valence-corrected chi connectivity index (χ2v) is 9.61. The van der Waals surface area contributed by atoms with Crippen molar-refractivity contribution in [1.29, 1.82) is 0 Å². The molecule has 0 aliphatic heterocycles. The zero-order valence-corrected chi connectivity index (χ0v) is 22.2. The highest BCUT2D eigenvalue weighted by molar-refractivity contribution is 5.95. The molecule has 1 unspecified atom stereocenters. The number of imidazole rings is 1. The van der Waals surface area contributed by atoms with Crippen LogP contribution in [0.2, 0.25) is 0 Å². The number of nitrogens with zero attached hydrogens (tertiary/aromatic N) is 5. The SMILES string of the molecule is COc1cc(F)cc(-c2nccc3[nH]c(-c4n[nH]c5ccc(-c6cncc(NC(O)c7ccccc7)c6)nc45)nc23)c1. The van der Waals surface area contributed by atoms with Crippen LogP contribution in [0.25, 0.3) is 56.1 Å². The number of aromatic amines is 2. The predicted octanol–water partition coefficient (Wildman–Crippen LogP) is 5.88. The Balaban J connectivity index is 1.25.